The summed E-state index contributed by atoms with van der Waals surface area (Å²) >= 11 is 0. The van der Waals surface area contributed by atoms with Crippen LogP contribution in [0.1, 0.15) is 35.6 Å². The average Bonchev–Trinajstić information content (AvgIpc) is 2.74. The van der Waals surface area contributed by atoms with Crippen LogP contribution in [0.5, 0.6) is 0 Å². The molecular formula is C14H17N3O. The molecular weight excluding hydrogens is 226 g/mol. The minimum absolute atomic E-state index is 0.598. The van der Waals surface area contributed by atoms with E-state index in [0.717, 1.165) is 35.9 Å². The standard InChI is InChI=1S/C14H17N3O/c1-4-12-14(13(5-2)17(3)16-12)11-6-10(9-18)7-15-8-11/h6-9H,4-5H2,1-3H3. The van der Waals surface area contributed by atoms with Gasteiger partial charge in [-0.15, -0.1) is 0 Å². The summed E-state index contributed by atoms with van der Waals surface area (Å²) in [6.45, 7) is 4.19. The van der Waals surface area contributed by atoms with Gasteiger partial charge in [-0.1, -0.05) is 13.8 Å². The zero-order valence-corrected chi connectivity index (χ0v) is 11.0. The van der Waals surface area contributed by atoms with Gasteiger partial charge in [0.25, 0.3) is 0 Å². The van der Waals surface area contributed by atoms with Crippen LogP contribution < -0.4 is 0 Å². The number of carbonyl (C=O) groups excluding carboxylic acids is 1. The van der Waals surface area contributed by atoms with Gasteiger partial charge >= 0.3 is 0 Å². The number of hydrogen-bond donors (Lipinski definition) is 0. The molecule has 0 radical (unpaired) electrons. The van der Waals surface area contributed by atoms with Gasteiger partial charge in [-0.05, 0) is 18.9 Å². The summed E-state index contributed by atoms with van der Waals surface area (Å²) in [6, 6.07) is 1.87. The van der Waals surface area contributed by atoms with Crippen LogP contribution in [-0.4, -0.2) is 21.1 Å². The van der Waals surface area contributed by atoms with E-state index >= 15 is 0 Å². The molecule has 0 saturated heterocycles. The molecule has 0 saturated carbocycles. The van der Waals surface area contributed by atoms with Gasteiger partial charge in [0.1, 0.15) is 0 Å². The smallest absolute Gasteiger partial charge is 0.151 e. The summed E-state index contributed by atoms with van der Waals surface area (Å²) in [4.78, 5) is 15.0. The molecule has 4 nitrogen and oxygen atoms in total. The quantitative estimate of drug-likeness (QED) is 0.775. The van der Waals surface area contributed by atoms with E-state index in [9.17, 15) is 4.79 Å². The van der Waals surface area contributed by atoms with Gasteiger partial charge in [0.05, 0.1) is 5.69 Å². The Kier molecular flexibility index (Phi) is 3.55. The highest BCUT2D eigenvalue weighted by Crippen LogP contribution is 2.28. The lowest BCUT2D eigenvalue weighted by atomic mass is 10.0. The van der Waals surface area contributed by atoms with Crippen molar-refractivity contribution < 1.29 is 4.79 Å². The predicted molar refractivity (Wildman–Crippen MR) is 70.6 cm³/mol. The minimum atomic E-state index is 0.598. The Hall–Kier alpha value is -1.97. The third-order valence-electron chi connectivity index (χ3n) is 3.09. The van der Waals surface area contributed by atoms with Crippen LogP contribution in [0.2, 0.25) is 0 Å². The first-order valence-corrected chi connectivity index (χ1v) is 6.16. The van der Waals surface area contributed by atoms with Crippen molar-refractivity contribution in [3.8, 4) is 11.1 Å². The van der Waals surface area contributed by atoms with E-state index < -0.39 is 0 Å². The van der Waals surface area contributed by atoms with Gasteiger partial charge in [-0.3, -0.25) is 14.5 Å². The Balaban J connectivity index is 2.64. The molecule has 4 heteroatoms. The summed E-state index contributed by atoms with van der Waals surface area (Å²) in [5.74, 6) is 0. The zero-order valence-electron chi connectivity index (χ0n) is 11.0. The van der Waals surface area contributed by atoms with Crippen LogP contribution >= 0.6 is 0 Å². The van der Waals surface area contributed by atoms with Gasteiger partial charge in [0, 0.05) is 41.8 Å². The molecule has 0 unspecified atom stereocenters. The maximum atomic E-state index is 10.8. The first-order valence-electron chi connectivity index (χ1n) is 6.16. The van der Waals surface area contributed by atoms with Crippen molar-refractivity contribution >= 4 is 6.29 Å². The van der Waals surface area contributed by atoms with Gasteiger partial charge in [0.15, 0.2) is 6.29 Å². The van der Waals surface area contributed by atoms with E-state index in [0.29, 0.717) is 5.56 Å². The Morgan fingerprint density at radius 2 is 2.06 bits per heavy atom. The molecule has 94 valence electrons. The fourth-order valence-corrected chi connectivity index (χ4v) is 2.26. The third-order valence-corrected chi connectivity index (χ3v) is 3.09. The van der Waals surface area contributed by atoms with Crippen LogP contribution in [0.4, 0.5) is 0 Å². The number of aldehydes is 1. The molecule has 2 rings (SSSR count). The first-order chi connectivity index (χ1) is 8.71. The van der Waals surface area contributed by atoms with E-state index in [2.05, 4.69) is 23.9 Å². The molecule has 2 aromatic rings. The fourth-order valence-electron chi connectivity index (χ4n) is 2.26. The van der Waals surface area contributed by atoms with Gasteiger partial charge in [-0.25, -0.2) is 0 Å². The topological polar surface area (TPSA) is 47.8 Å². The Morgan fingerprint density at radius 1 is 1.28 bits per heavy atom. The number of nitrogens with zero attached hydrogens (tertiary/aromatic N) is 3. The van der Waals surface area contributed by atoms with Crippen LogP contribution in [-0.2, 0) is 19.9 Å². The van der Waals surface area contributed by atoms with Crippen molar-refractivity contribution in [2.45, 2.75) is 26.7 Å². The summed E-state index contributed by atoms with van der Waals surface area (Å²) < 4.78 is 1.92. The summed E-state index contributed by atoms with van der Waals surface area (Å²) in [7, 11) is 1.96. The molecule has 0 aliphatic rings. The zero-order chi connectivity index (χ0) is 13.1. The van der Waals surface area contributed by atoms with Crippen molar-refractivity contribution in [2.75, 3.05) is 0 Å². The van der Waals surface area contributed by atoms with Crippen LogP contribution in [0.15, 0.2) is 18.5 Å². The summed E-state index contributed by atoms with van der Waals surface area (Å²) in [5, 5.41) is 4.53. The average molecular weight is 243 g/mol. The lowest BCUT2D eigenvalue weighted by Crippen LogP contribution is -1.97. The Labute approximate surface area is 107 Å². The van der Waals surface area contributed by atoms with Crippen LogP contribution in [0.3, 0.4) is 0 Å². The third kappa shape index (κ3) is 2.06. The number of pyridine rings is 1. The molecule has 0 N–H and O–H groups in total. The number of aryl methyl sites for hydroxylation is 2. The SMILES string of the molecule is CCc1nn(C)c(CC)c1-c1cncc(C=O)c1. The highest BCUT2D eigenvalue weighted by atomic mass is 16.1. The van der Waals surface area contributed by atoms with Crippen molar-refractivity contribution in [3.63, 3.8) is 0 Å². The molecule has 0 amide bonds. The second-order valence-electron chi connectivity index (χ2n) is 4.22. The van der Waals surface area contributed by atoms with Gasteiger partial charge < -0.3 is 0 Å². The molecule has 18 heavy (non-hydrogen) atoms. The largest absolute Gasteiger partial charge is 0.298 e. The van der Waals surface area contributed by atoms with E-state index in [4.69, 9.17) is 0 Å². The second-order valence-corrected chi connectivity index (χ2v) is 4.22. The van der Waals surface area contributed by atoms with Crippen molar-refractivity contribution in [2.24, 2.45) is 7.05 Å². The van der Waals surface area contributed by atoms with Crippen LogP contribution in [0.25, 0.3) is 11.1 Å². The Bertz CT molecular complexity index is 572. The number of hydrogen-bond acceptors (Lipinski definition) is 3. The molecule has 0 bridgehead atoms. The molecule has 0 spiro atoms. The van der Waals surface area contributed by atoms with Crippen LogP contribution in [0, 0.1) is 0 Å². The molecule has 0 aromatic carbocycles. The number of carbonyl (C=O) groups is 1. The fraction of sp³-hybridized carbons (Fsp3) is 0.357. The number of aromatic nitrogens is 3. The first kappa shape index (κ1) is 12.5. The van der Waals surface area contributed by atoms with E-state index in [1.54, 1.807) is 12.4 Å². The lowest BCUT2D eigenvalue weighted by molar-refractivity contribution is 0.112. The van der Waals surface area contributed by atoms with Gasteiger partial charge in [-0.2, -0.15) is 5.10 Å². The van der Waals surface area contributed by atoms with Crippen molar-refractivity contribution in [3.05, 3.63) is 35.4 Å². The summed E-state index contributed by atoms with van der Waals surface area (Å²) in [5.41, 5.74) is 4.93. The lowest BCUT2D eigenvalue weighted by Gasteiger charge is -2.05. The van der Waals surface area contributed by atoms with Gasteiger partial charge in [0.2, 0.25) is 0 Å². The number of rotatable bonds is 4. The molecule has 2 heterocycles. The highest BCUT2D eigenvalue weighted by Gasteiger charge is 2.15. The highest BCUT2D eigenvalue weighted by molar-refractivity contribution is 5.79. The maximum absolute atomic E-state index is 10.8. The monoisotopic (exact) mass is 243 g/mol. The molecule has 0 aliphatic carbocycles. The molecule has 2 aromatic heterocycles. The normalized spacial score (nSPS) is 10.6. The molecule has 0 aliphatic heterocycles. The van der Waals surface area contributed by atoms with E-state index in [1.165, 1.54) is 5.69 Å². The molecule has 0 fully saturated rings. The van der Waals surface area contributed by atoms with Crippen molar-refractivity contribution in [1.29, 1.82) is 0 Å². The Morgan fingerprint density at radius 3 is 2.67 bits per heavy atom. The minimum Gasteiger partial charge on any atom is -0.298 e. The predicted octanol–water partition coefficient (Wildman–Crippen LogP) is 2.42. The van der Waals surface area contributed by atoms with Crippen molar-refractivity contribution in [1.82, 2.24) is 14.8 Å². The second kappa shape index (κ2) is 5.12. The van der Waals surface area contributed by atoms with E-state index in [-0.39, 0.29) is 0 Å². The molecule has 0 atom stereocenters. The van der Waals surface area contributed by atoms with E-state index in [1.807, 2.05) is 17.8 Å². The summed E-state index contributed by atoms with van der Waals surface area (Å²) in [6.07, 6.45) is 5.97. The maximum Gasteiger partial charge on any atom is 0.151 e.